The molecule has 3 aromatic heterocycles. The number of para-hydroxylation sites is 3. The normalized spacial score (nSPS) is 14.5. The van der Waals surface area contributed by atoms with Crippen molar-refractivity contribution >= 4 is 77.4 Å². The molecule has 57 heavy (non-hydrogen) atoms. The maximum absolute atomic E-state index is 6.79. The van der Waals surface area contributed by atoms with Gasteiger partial charge in [0.25, 0.3) is 0 Å². The lowest BCUT2D eigenvalue weighted by atomic mass is 9.99. The van der Waals surface area contributed by atoms with Gasteiger partial charge in [0, 0.05) is 66.3 Å². The molecular formula is C51H32N4O2. The van der Waals surface area contributed by atoms with Crippen LogP contribution in [0.4, 0.5) is 0 Å². The van der Waals surface area contributed by atoms with Gasteiger partial charge in [-0.3, -0.25) is 0 Å². The van der Waals surface area contributed by atoms with E-state index < -0.39 is 0 Å². The van der Waals surface area contributed by atoms with Crippen molar-refractivity contribution in [3.63, 3.8) is 0 Å². The van der Waals surface area contributed by atoms with E-state index in [-0.39, 0.29) is 6.17 Å². The summed E-state index contributed by atoms with van der Waals surface area (Å²) in [6.45, 7) is 0. The zero-order valence-electron chi connectivity index (χ0n) is 30.6. The zero-order valence-corrected chi connectivity index (χ0v) is 30.6. The van der Waals surface area contributed by atoms with Gasteiger partial charge in [-0.25, -0.2) is 9.98 Å². The highest BCUT2D eigenvalue weighted by Gasteiger charge is 2.25. The predicted octanol–water partition coefficient (Wildman–Crippen LogP) is 12.7. The van der Waals surface area contributed by atoms with E-state index in [0.29, 0.717) is 5.84 Å². The lowest BCUT2D eigenvalue weighted by molar-refractivity contribution is 0.662. The topological polar surface area (TPSA) is 68.0 Å². The first-order valence-electron chi connectivity index (χ1n) is 19.2. The predicted molar refractivity (Wildman–Crippen MR) is 233 cm³/mol. The molecule has 11 aromatic rings. The molecule has 0 saturated carbocycles. The van der Waals surface area contributed by atoms with Crippen LogP contribution in [0, 0.1) is 0 Å². The fourth-order valence-electron chi connectivity index (χ4n) is 8.67. The minimum Gasteiger partial charge on any atom is -0.456 e. The number of hydrogen-bond acceptors (Lipinski definition) is 5. The fraction of sp³-hybridized carbons (Fsp3) is 0.0196. The van der Waals surface area contributed by atoms with Crippen LogP contribution in [0.3, 0.4) is 0 Å². The van der Waals surface area contributed by atoms with E-state index >= 15 is 0 Å². The monoisotopic (exact) mass is 732 g/mol. The number of hydrogen-bond donors (Lipinski definition) is 1. The number of aliphatic imine (C=N–C) groups is 2. The van der Waals surface area contributed by atoms with Crippen molar-refractivity contribution in [1.29, 1.82) is 0 Å². The summed E-state index contributed by atoms with van der Waals surface area (Å²) in [4.78, 5) is 10.1. The van der Waals surface area contributed by atoms with Crippen LogP contribution in [0.15, 0.2) is 201 Å². The lowest BCUT2D eigenvalue weighted by Gasteiger charge is -2.24. The van der Waals surface area contributed by atoms with Gasteiger partial charge in [-0.05, 0) is 48.0 Å². The average molecular weight is 733 g/mol. The van der Waals surface area contributed by atoms with Gasteiger partial charge >= 0.3 is 0 Å². The van der Waals surface area contributed by atoms with Crippen molar-refractivity contribution < 1.29 is 8.83 Å². The molecule has 1 N–H and O–H groups in total. The Kier molecular flexibility index (Phi) is 6.89. The van der Waals surface area contributed by atoms with Crippen molar-refractivity contribution in [1.82, 2.24) is 9.88 Å². The first-order chi connectivity index (χ1) is 28.2. The number of rotatable bonds is 5. The molecule has 0 saturated heterocycles. The highest BCUT2D eigenvalue weighted by molar-refractivity contribution is 6.15. The van der Waals surface area contributed by atoms with Crippen molar-refractivity contribution in [3.8, 4) is 16.8 Å². The summed E-state index contributed by atoms with van der Waals surface area (Å²) in [6, 6.07) is 63.1. The lowest BCUT2D eigenvalue weighted by Crippen LogP contribution is -2.33. The molecule has 0 radical (unpaired) electrons. The molecule has 1 unspecified atom stereocenters. The third-order valence-corrected chi connectivity index (χ3v) is 11.3. The summed E-state index contributed by atoms with van der Waals surface area (Å²) >= 11 is 0. The van der Waals surface area contributed by atoms with Crippen LogP contribution in [-0.2, 0) is 0 Å². The van der Waals surface area contributed by atoms with Gasteiger partial charge in [0.05, 0.1) is 11.0 Å². The Labute approximate surface area is 326 Å². The van der Waals surface area contributed by atoms with E-state index in [0.717, 1.165) is 83.2 Å². The summed E-state index contributed by atoms with van der Waals surface area (Å²) in [5.74, 6) is 1.47. The van der Waals surface area contributed by atoms with Crippen LogP contribution >= 0.6 is 0 Å². The smallest absolute Gasteiger partial charge is 0.159 e. The Balaban J connectivity index is 0.966. The van der Waals surface area contributed by atoms with Crippen molar-refractivity contribution in [2.24, 2.45) is 9.98 Å². The summed E-state index contributed by atoms with van der Waals surface area (Å²) in [7, 11) is 0. The molecule has 4 heterocycles. The molecule has 268 valence electrons. The highest BCUT2D eigenvalue weighted by Crippen LogP contribution is 2.41. The second kappa shape index (κ2) is 12.4. The Morgan fingerprint density at radius 2 is 1.14 bits per heavy atom. The second-order valence-electron chi connectivity index (χ2n) is 14.6. The SMILES string of the molecule is c1ccc(C2=NC(c3cccc4oc5cc(-c6cccc7c6oc6cc(-n8c9ccccc9c9ccccc98)ccc67)ccc5c34)NC(c3ccccc3)=N2)cc1. The zero-order chi connectivity index (χ0) is 37.5. The molecule has 1 aliphatic rings. The van der Waals surface area contributed by atoms with E-state index in [1.807, 2.05) is 48.5 Å². The number of amidine groups is 2. The molecule has 0 fully saturated rings. The molecule has 1 aliphatic heterocycles. The van der Waals surface area contributed by atoms with Gasteiger partial charge in [-0.1, -0.05) is 133 Å². The Morgan fingerprint density at radius 1 is 0.474 bits per heavy atom. The van der Waals surface area contributed by atoms with Gasteiger partial charge in [-0.2, -0.15) is 0 Å². The molecule has 0 amide bonds. The first-order valence-corrected chi connectivity index (χ1v) is 19.2. The molecule has 1 atom stereocenters. The largest absolute Gasteiger partial charge is 0.456 e. The molecule has 6 nitrogen and oxygen atoms in total. The molecule has 0 bridgehead atoms. The molecule has 0 spiro atoms. The fourth-order valence-corrected chi connectivity index (χ4v) is 8.67. The number of furan rings is 2. The van der Waals surface area contributed by atoms with Gasteiger partial charge in [0.1, 0.15) is 34.3 Å². The highest BCUT2D eigenvalue weighted by atomic mass is 16.3. The molecule has 8 aromatic carbocycles. The van der Waals surface area contributed by atoms with E-state index in [9.17, 15) is 0 Å². The Morgan fingerprint density at radius 3 is 1.93 bits per heavy atom. The van der Waals surface area contributed by atoms with Gasteiger partial charge in [0.2, 0.25) is 0 Å². The van der Waals surface area contributed by atoms with E-state index in [2.05, 4.69) is 143 Å². The van der Waals surface area contributed by atoms with E-state index in [1.54, 1.807) is 0 Å². The second-order valence-corrected chi connectivity index (χ2v) is 14.6. The minimum absolute atomic E-state index is 0.381. The van der Waals surface area contributed by atoms with Gasteiger partial charge in [0.15, 0.2) is 5.84 Å². The summed E-state index contributed by atoms with van der Waals surface area (Å²) in [5.41, 5.74) is 11.7. The molecule has 12 rings (SSSR count). The number of benzene rings is 8. The summed E-state index contributed by atoms with van der Waals surface area (Å²) < 4.78 is 15.7. The average Bonchev–Trinajstić information content (AvgIpc) is 3.96. The maximum Gasteiger partial charge on any atom is 0.159 e. The van der Waals surface area contributed by atoms with Crippen LogP contribution in [0.25, 0.3) is 82.5 Å². The van der Waals surface area contributed by atoms with Crippen molar-refractivity contribution in [2.45, 2.75) is 6.17 Å². The summed E-state index contributed by atoms with van der Waals surface area (Å²) in [6.07, 6.45) is -0.381. The quantitative estimate of drug-likeness (QED) is 0.192. The minimum atomic E-state index is -0.381. The van der Waals surface area contributed by atoms with E-state index in [4.69, 9.17) is 18.8 Å². The van der Waals surface area contributed by atoms with Crippen molar-refractivity contribution in [3.05, 3.63) is 199 Å². The Hall–Kier alpha value is -7.70. The molecule has 6 heteroatoms. The molecule has 0 aliphatic carbocycles. The van der Waals surface area contributed by atoms with Crippen molar-refractivity contribution in [2.75, 3.05) is 0 Å². The van der Waals surface area contributed by atoms with Crippen LogP contribution in [-0.4, -0.2) is 16.2 Å². The van der Waals surface area contributed by atoms with Crippen LogP contribution in [0.1, 0.15) is 22.9 Å². The standard InChI is InChI=1S/C51H32N4O2/c1-3-13-31(14-4-1)49-52-50(32-15-5-2-6-16-32)54-51(53-49)41-21-12-24-44-47(41)40-27-25-33(29-45(40)56-44)35-19-11-20-39-38-28-26-34(30-46(38)57-48(35)39)55-42-22-9-7-17-36(42)37-18-8-10-23-43(37)55/h1-30,51H,(H,52,53,54). The van der Waals surface area contributed by atoms with Gasteiger partial charge in [-0.15, -0.1) is 0 Å². The maximum atomic E-state index is 6.79. The Bertz CT molecular complexity index is 3390. The summed E-state index contributed by atoms with van der Waals surface area (Å²) in [5, 5.41) is 10.3. The number of aromatic nitrogens is 1. The number of fused-ring (bicyclic) bond motifs is 9. The number of nitrogens with one attached hydrogen (secondary N) is 1. The van der Waals surface area contributed by atoms with E-state index in [1.165, 1.54) is 21.8 Å². The van der Waals surface area contributed by atoms with Crippen LogP contribution < -0.4 is 5.32 Å². The van der Waals surface area contributed by atoms with Crippen LogP contribution in [0.2, 0.25) is 0 Å². The van der Waals surface area contributed by atoms with Gasteiger partial charge < -0.3 is 18.7 Å². The third-order valence-electron chi connectivity index (χ3n) is 11.3. The third kappa shape index (κ3) is 4.97. The van der Waals surface area contributed by atoms with Crippen LogP contribution in [0.5, 0.6) is 0 Å². The first kappa shape index (κ1) is 31.6. The number of nitrogens with zero attached hydrogens (tertiary/aromatic N) is 3. The molecular weight excluding hydrogens is 701 g/mol.